The van der Waals surface area contributed by atoms with Gasteiger partial charge in [-0.05, 0) is 25.1 Å². The molecule has 3 aromatic rings. The second-order valence-electron chi connectivity index (χ2n) is 5.22. The summed E-state index contributed by atoms with van der Waals surface area (Å²) in [4.78, 5) is 19.3. The van der Waals surface area contributed by atoms with Crippen molar-refractivity contribution in [1.29, 1.82) is 0 Å². The van der Waals surface area contributed by atoms with Crippen molar-refractivity contribution >= 4 is 27.2 Å². The average molecular weight is 345 g/mol. The van der Waals surface area contributed by atoms with E-state index in [2.05, 4.69) is 15.3 Å². The number of benzene rings is 1. The van der Waals surface area contributed by atoms with E-state index in [-0.39, 0.29) is 17.1 Å². The first-order chi connectivity index (χ1) is 11.4. The molecule has 1 aromatic carbocycles. The van der Waals surface area contributed by atoms with Crippen LogP contribution in [0.15, 0.2) is 47.6 Å². The molecule has 0 aliphatic heterocycles. The molecule has 0 saturated heterocycles. The molecule has 0 bridgehead atoms. The maximum absolute atomic E-state index is 12.7. The molecule has 0 atom stereocenters. The molecule has 0 radical (unpaired) electrons. The molecule has 124 valence electrons. The number of fused-ring (bicyclic) bond motifs is 1. The van der Waals surface area contributed by atoms with Crippen LogP contribution in [-0.4, -0.2) is 28.4 Å². The number of nitrogens with two attached hydrogens (primary N) is 1. The monoisotopic (exact) mass is 345 g/mol. The fourth-order valence-electron chi connectivity index (χ4n) is 2.21. The first-order valence-electron chi connectivity index (χ1n) is 7.06. The lowest BCUT2D eigenvalue weighted by Crippen LogP contribution is -2.29. The minimum atomic E-state index is -3.75. The summed E-state index contributed by atoms with van der Waals surface area (Å²) in [6.45, 7) is 2.00. The topological polar surface area (TPSA) is 120 Å². The van der Waals surface area contributed by atoms with Crippen LogP contribution < -0.4 is 11.1 Å². The van der Waals surface area contributed by atoms with E-state index in [9.17, 15) is 13.2 Å². The van der Waals surface area contributed by atoms with Crippen LogP contribution in [-0.2, 0) is 16.6 Å². The van der Waals surface area contributed by atoms with Crippen molar-refractivity contribution in [3.8, 4) is 0 Å². The zero-order valence-corrected chi connectivity index (χ0v) is 13.6. The van der Waals surface area contributed by atoms with Gasteiger partial charge in [0.05, 0.1) is 23.3 Å². The van der Waals surface area contributed by atoms with Gasteiger partial charge in [-0.15, -0.1) is 0 Å². The number of urea groups is 1. The Hall–Kier alpha value is -2.94. The Labute approximate surface area is 138 Å². The van der Waals surface area contributed by atoms with E-state index in [4.69, 9.17) is 5.73 Å². The molecular weight excluding hydrogens is 330 g/mol. The van der Waals surface area contributed by atoms with Crippen LogP contribution in [0.5, 0.6) is 0 Å². The van der Waals surface area contributed by atoms with Crippen molar-refractivity contribution in [2.45, 2.75) is 18.4 Å². The van der Waals surface area contributed by atoms with E-state index >= 15 is 0 Å². The lowest BCUT2D eigenvalue weighted by molar-refractivity contribution is 0.248. The van der Waals surface area contributed by atoms with Gasteiger partial charge < -0.3 is 11.1 Å². The number of hydrogen-bond donors (Lipinski definition) is 2. The Morgan fingerprint density at radius 3 is 2.62 bits per heavy atom. The molecule has 3 rings (SSSR count). The lowest BCUT2D eigenvalue weighted by atomic mass is 10.2. The maximum Gasteiger partial charge on any atom is 0.312 e. The SMILES string of the molecule is Cc1ccc(S(=O)(=O)n2ccc3nc(CNC(N)=O)cnc32)cc1. The van der Waals surface area contributed by atoms with Crippen molar-refractivity contribution in [2.75, 3.05) is 0 Å². The number of carbonyl (C=O) groups excluding carboxylic acids is 1. The van der Waals surface area contributed by atoms with Crippen LogP contribution in [0.1, 0.15) is 11.3 Å². The van der Waals surface area contributed by atoms with Crippen molar-refractivity contribution in [3.05, 3.63) is 54.0 Å². The predicted molar refractivity (Wildman–Crippen MR) is 87.7 cm³/mol. The molecule has 9 heteroatoms. The molecule has 0 aliphatic carbocycles. The van der Waals surface area contributed by atoms with Crippen LogP contribution in [0, 0.1) is 6.92 Å². The third-order valence-corrected chi connectivity index (χ3v) is 5.11. The predicted octanol–water partition coefficient (Wildman–Crippen LogP) is 1.15. The highest BCUT2D eigenvalue weighted by atomic mass is 32.2. The van der Waals surface area contributed by atoms with Gasteiger partial charge in [0.15, 0.2) is 5.65 Å². The summed E-state index contributed by atoms with van der Waals surface area (Å²) in [5.41, 5.74) is 7.09. The maximum atomic E-state index is 12.7. The molecule has 0 aliphatic rings. The van der Waals surface area contributed by atoms with Gasteiger partial charge >= 0.3 is 6.03 Å². The highest BCUT2D eigenvalue weighted by Gasteiger charge is 2.20. The van der Waals surface area contributed by atoms with Crippen molar-refractivity contribution in [2.24, 2.45) is 5.73 Å². The second kappa shape index (κ2) is 5.93. The molecule has 3 N–H and O–H groups in total. The number of nitrogens with zero attached hydrogens (tertiary/aromatic N) is 3. The van der Waals surface area contributed by atoms with Crippen LogP contribution in [0.2, 0.25) is 0 Å². The lowest BCUT2D eigenvalue weighted by Gasteiger charge is -2.07. The molecule has 24 heavy (non-hydrogen) atoms. The number of nitrogens with one attached hydrogen (secondary N) is 1. The molecule has 0 unspecified atom stereocenters. The zero-order valence-electron chi connectivity index (χ0n) is 12.8. The van der Waals surface area contributed by atoms with Gasteiger partial charge in [-0.3, -0.25) is 0 Å². The molecule has 8 nitrogen and oxygen atoms in total. The number of rotatable bonds is 4. The highest BCUT2D eigenvalue weighted by molar-refractivity contribution is 7.90. The first-order valence-corrected chi connectivity index (χ1v) is 8.50. The van der Waals surface area contributed by atoms with Crippen molar-refractivity contribution in [1.82, 2.24) is 19.3 Å². The second-order valence-corrected chi connectivity index (χ2v) is 7.03. The minimum Gasteiger partial charge on any atom is -0.352 e. The summed E-state index contributed by atoms with van der Waals surface area (Å²) in [6, 6.07) is 7.46. The van der Waals surface area contributed by atoms with Crippen LogP contribution >= 0.6 is 0 Å². The summed E-state index contributed by atoms with van der Waals surface area (Å²) < 4.78 is 26.6. The van der Waals surface area contributed by atoms with Crippen LogP contribution in [0.4, 0.5) is 4.79 Å². The summed E-state index contributed by atoms with van der Waals surface area (Å²) in [7, 11) is -3.75. The Bertz CT molecular complexity index is 1010. The number of carbonyl (C=O) groups is 1. The molecule has 2 heterocycles. The smallest absolute Gasteiger partial charge is 0.312 e. The van der Waals surface area contributed by atoms with E-state index in [1.165, 1.54) is 12.4 Å². The third-order valence-electron chi connectivity index (χ3n) is 3.43. The Morgan fingerprint density at radius 1 is 1.25 bits per heavy atom. The van der Waals surface area contributed by atoms with Crippen LogP contribution in [0.3, 0.4) is 0 Å². The number of aromatic nitrogens is 3. The summed E-state index contributed by atoms with van der Waals surface area (Å²) >= 11 is 0. The van der Waals surface area contributed by atoms with Gasteiger partial charge in [0.2, 0.25) is 0 Å². The van der Waals surface area contributed by atoms with Gasteiger partial charge in [-0.25, -0.2) is 27.2 Å². The molecule has 0 saturated carbocycles. The van der Waals surface area contributed by atoms with E-state index in [0.717, 1.165) is 9.54 Å². The minimum absolute atomic E-state index is 0.119. The molecular formula is C15H15N5O3S. The number of aryl methyl sites for hydroxylation is 1. The Kier molecular flexibility index (Phi) is 3.94. The molecule has 0 spiro atoms. The van der Waals surface area contributed by atoms with Gasteiger partial charge in [0.25, 0.3) is 10.0 Å². The highest BCUT2D eigenvalue weighted by Crippen LogP contribution is 2.20. The molecule has 0 fully saturated rings. The third kappa shape index (κ3) is 2.93. The summed E-state index contributed by atoms with van der Waals surface area (Å²) in [6.07, 6.45) is 2.81. The molecule has 2 amide bonds. The summed E-state index contributed by atoms with van der Waals surface area (Å²) in [5, 5.41) is 2.41. The Balaban J connectivity index is 2.01. The average Bonchev–Trinajstić information content (AvgIpc) is 2.97. The van der Waals surface area contributed by atoms with Crippen molar-refractivity contribution < 1.29 is 13.2 Å². The number of hydrogen-bond acceptors (Lipinski definition) is 5. The normalized spacial score (nSPS) is 11.5. The van der Waals surface area contributed by atoms with E-state index < -0.39 is 16.1 Å². The molecule has 2 aromatic heterocycles. The zero-order chi connectivity index (χ0) is 17.3. The standard InChI is InChI=1S/C15H15N5O3S/c1-10-2-4-12(5-3-10)24(22,23)20-7-6-13-14(20)17-8-11(19-13)9-18-15(16)21/h2-8H,9H2,1H3,(H3,16,18,21). The first kappa shape index (κ1) is 15.9. The van der Waals surface area contributed by atoms with E-state index in [1.807, 2.05) is 6.92 Å². The quantitative estimate of drug-likeness (QED) is 0.735. The Morgan fingerprint density at radius 2 is 1.96 bits per heavy atom. The fourth-order valence-corrected chi connectivity index (χ4v) is 3.50. The largest absolute Gasteiger partial charge is 0.352 e. The van der Waals surface area contributed by atoms with Crippen molar-refractivity contribution in [3.63, 3.8) is 0 Å². The van der Waals surface area contributed by atoms with Gasteiger partial charge in [0, 0.05) is 6.20 Å². The van der Waals surface area contributed by atoms with E-state index in [1.54, 1.807) is 30.3 Å². The number of amides is 2. The number of primary amides is 1. The van der Waals surface area contributed by atoms with Gasteiger partial charge in [0.1, 0.15) is 5.52 Å². The summed E-state index contributed by atoms with van der Waals surface area (Å²) in [5.74, 6) is 0. The van der Waals surface area contributed by atoms with Gasteiger partial charge in [-0.2, -0.15) is 0 Å². The fraction of sp³-hybridized carbons (Fsp3) is 0.133. The van der Waals surface area contributed by atoms with Gasteiger partial charge in [-0.1, -0.05) is 17.7 Å². The van der Waals surface area contributed by atoms with Crippen LogP contribution in [0.25, 0.3) is 11.2 Å². The van der Waals surface area contributed by atoms with E-state index in [0.29, 0.717) is 11.2 Å².